The number of nitrogens with zero attached hydrogens (tertiary/aromatic N) is 2. The van der Waals surface area contributed by atoms with E-state index in [1.54, 1.807) is 7.11 Å². The van der Waals surface area contributed by atoms with Crippen LogP contribution in [0.3, 0.4) is 0 Å². The highest BCUT2D eigenvalue weighted by atomic mass is 32.2. The molecule has 0 fully saturated rings. The second-order valence-electron chi connectivity index (χ2n) is 5.39. The zero-order valence-corrected chi connectivity index (χ0v) is 16.8. The number of thioether (sulfide) groups is 1. The number of rotatable bonds is 11. The molecule has 0 bridgehead atoms. The summed E-state index contributed by atoms with van der Waals surface area (Å²) in [6.07, 6.45) is 0.913. The number of aromatic nitrogens is 2. The Morgan fingerprint density at radius 3 is 2.96 bits per heavy atom. The summed E-state index contributed by atoms with van der Waals surface area (Å²) in [5.74, 6) is 0.791. The van der Waals surface area contributed by atoms with E-state index in [4.69, 9.17) is 9.47 Å². The topological polar surface area (TPSA) is 85.4 Å². The van der Waals surface area contributed by atoms with E-state index in [0.29, 0.717) is 11.4 Å². The summed E-state index contributed by atoms with van der Waals surface area (Å²) in [5, 5.41) is 15.0. The number of hydrogen-bond donors (Lipinski definition) is 2. The fourth-order valence-corrected chi connectivity index (χ4v) is 3.66. The van der Waals surface area contributed by atoms with E-state index in [1.807, 2.05) is 32.0 Å². The van der Waals surface area contributed by atoms with Crippen molar-refractivity contribution in [1.82, 2.24) is 10.2 Å². The zero-order valence-electron chi connectivity index (χ0n) is 15.2. The highest BCUT2D eigenvalue weighted by Crippen LogP contribution is 2.27. The molecule has 1 amide bonds. The fraction of sp³-hybridized carbons (Fsp3) is 0.471. The van der Waals surface area contributed by atoms with Gasteiger partial charge in [0.05, 0.1) is 18.6 Å². The molecule has 1 aromatic carbocycles. The van der Waals surface area contributed by atoms with Crippen LogP contribution < -0.4 is 15.4 Å². The molecule has 2 rings (SSSR count). The lowest BCUT2D eigenvalue weighted by molar-refractivity contribution is -0.113. The predicted molar refractivity (Wildman–Crippen MR) is 107 cm³/mol. The highest BCUT2D eigenvalue weighted by molar-refractivity contribution is 8.01. The van der Waals surface area contributed by atoms with Crippen LogP contribution in [-0.2, 0) is 9.53 Å². The molecule has 0 aliphatic heterocycles. The minimum atomic E-state index is -0.111. The Kier molecular flexibility index (Phi) is 8.66. The van der Waals surface area contributed by atoms with E-state index in [2.05, 4.69) is 20.8 Å². The summed E-state index contributed by atoms with van der Waals surface area (Å²) in [5.41, 5.74) is 1.73. The van der Waals surface area contributed by atoms with Crippen LogP contribution in [0, 0.1) is 6.92 Å². The lowest BCUT2D eigenvalue weighted by atomic mass is 10.2. The first-order valence-corrected chi connectivity index (χ1v) is 10.1. The number of benzene rings is 1. The van der Waals surface area contributed by atoms with Gasteiger partial charge in [0.25, 0.3) is 0 Å². The lowest BCUT2D eigenvalue weighted by Gasteiger charge is -2.10. The third-order valence-electron chi connectivity index (χ3n) is 3.31. The fourth-order valence-electron chi connectivity index (χ4n) is 2.09. The number of nitrogens with one attached hydrogen (secondary N) is 2. The minimum absolute atomic E-state index is 0.111. The SMILES string of the molecule is CCOCCCNc1nnc(SCC(=O)Nc2cc(C)ccc2OC)s1. The molecule has 0 saturated heterocycles. The summed E-state index contributed by atoms with van der Waals surface area (Å²) in [6, 6.07) is 5.66. The number of hydrogen-bond acceptors (Lipinski definition) is 8. The number of aryl methyl sites for hydroxylation is 1. The first kappa shape index (κ1) is 20.5. The molecular formula is C17H24N4O3S2. The van der Waals surface area contributed by atoms with Crippen molar-refractivity contribution < 1.29 is 14.3 Å². The quantitative estimate of drug-likeness (QED) is 0.444. The molecule has 0 aliphatic carbocycles. The Labute approximate surface area is 161 Å². The first-order chi connectivity index (χ1) is 12.6. The highest BCUT2D eigenvalue weighted by Gasteiger charge is 2.11. The molecule has 2 aromatic rings. The maximum atomic E-state index is 12.2. The second kappa shape index (κ2) is 11.0. The van der Waals surface area contributed by atoms with Gasteiger partial charge in [-0.15, -0.1) is 10.2 Å². The van der Waals surface area contributed by atoms with E-state index in [1.165, 1.54) is 23.1 Å². The average Bonchev–Trinajstić information content (AvgIpc) is 3.08. The Morgan fingerprint density at radius 2 is 2.19 bits per heavy atom. The summed E-state index contributed by atoms with van der Waals surface area (Å²) in [6.45, 7) is 6.19. The van der Waals surface area contributed by atoms with Crippen molar-refractivity contribution >= 4 is 39.8 Å². The standard InChI is InChI=1S/C17H24N4O3S2/c1-4-24-9-5-8-18-16-20-21-17(26-16)25-11-15(22)19-13-10-12(2)6-7-14(13)23-3/h6-7,10H,4-5,8-9,11H2,1-3H3,(H,18,20)(H,19,22). The minimum Gasteiger partial charge on any atom is -0.495 e. The van der Waals surface area contributed by atoms with Crippen molar-refractivity contribution in [1.29, 1.82) is 0 Å². The molecule has 142 valence electrons. The van der Waals surface area contributed by atoms with Crippen LogP contribution in [0.1, 0.15) is 18.9 Å². The molecule has 1 heterocycles. The normalized spacial score (nSPS) is 10.6. The van der Waals surface area contributed by atoms with Crippen LogP contribution in [0.5, 0.6) is 5.75 Å². The average molecular weight is 397 g/mol. The molecule has 26 heavy (non-hydrogen) atoms. The Balaban J connectivity index is 1.76. The molecule has 0 radical (unpaired) electrons. The van der Waals surface area contributed by atoms with Gasteiger partial charge in [-0.1, -0.05) is 29.2 Å². The van der Waals surface area contributed by atoms with Gasteiger partial charge in [-0.2, -0.15) is 0 Å². The molecule has 1 aromatic heterocycles. The van der Waals surface area contributed by atoms with E-state index in [0.717, 1.165) is 41.2 Å². The van der Waals surface area contributed by atoms with Gasteiger partial charge in [0.1, 0.15) is 5.75 Å². The van der Waals surface area contributed by atoms with E-state index < -0.39 is 0 Å². The van der Waals surface area contributed by atoms with Gasteiger partial charge in [0, 0.05) is 19.8 Å². The molecule has 2 N–H and O–H groups in total. The summed E-state index contributed by atoms with van der Waals surface area (Å²) in [4.78, 5) is 12.2. The number of anilines is 2. The lowest BCUT2D eigenvalue weighted by Crippen LogP contribution is -2.14. The molecule has 0 aliphatic rings. The van der Waals surface area contributed by atoms with Crippen molar-refractivity contribution in [2.45, 2.75) is 24.6 Å². The largest absolute Gasteiger partial charge is 0.495 e. The van der Waals surface area contributed by atoms with Gasteiger partial charge in [-0.05, 0) is 38.0 Å². The van der Waals surface area contributed by atoms with Crippen LogP contribution in [0.25, 0.3) is 0 Å². The first-order valence-electron chi connectivity index (χ1n) is 8.34. The van der Waals surface area contributed by atoms with Gasteiger partial charge in [0.2, 0.25) is 11.0 Å². The van der Waals surface area contributed by atoms with Crippen molar-refractivity contribution in [3.8, 4) is 5.75 Å². The van der Waals surface area contributed by atoms with Gasteiger partial charge < -0.3 is 20.1 Å². The van der Waals surface area contributed by atoms with E-state index >= 15 is 0 Å². The molecular weight excluding hydrogens is 372 g/mol. The molecule has 0 spiro atoms. The number of carbonyl (C=O) groups is 1. The molecule has 0 atom stereocenters. The Morgan fingerprint density at radius 1 is 1.35 bits per heavy atom. The second-order valence-corrected chi connectivity index (χ2v) is 7.59. The number of amides is 1. The van der Waals surface area contributed by atoms with Crippen molar-refractivity contribution in [3.05, 3.63) is 23.8 Å². The summed E-state index contributed by atoms with van der Waals surface area (Å²) >= 11 is 2.80. The van der Waals surface area contributed by atoms with Gasteiger partial charge in [0.15, 0.2) is 4.34 Å². The van der Waals surface area contributed by atoms with Gasteiger partial charge in [-0.25, -0.2) is 0 Å². The Bertz CT molecular complexity index is 709. The van der Waals surface area contributed by atoms with Crippen molar-refractivity contribution in [3.63, 3.8) is 0 Å². The van der Waals surface area contributed by atoms with Crippen LogP contribution in [0.15, 0.2) is 22.5 Å². The van der Waals surface area contributed by atoms with E-state index in [-0.39, 0.29) is 11.7 Å². The number of ether oxygens (including phenoxy) is 2. The number of methoxy groups -OCH3 is 1. The molecule has 7 nitrogen and oxygen atoms in total. The zero-order chi connectivity index (χ0) is 18.8. The summed E-state index contributed by atoms with van der Waals surface area (Å²) in [7, 11) is 1.58. The molecule has 9 heteroatoms. The maximum absolute atomic E-state index is 12.2. The number of carbonyl (C=O) groups excluding carboxylic acids is 1. The van der Waals surface area contributed by atoms with Crippen molar-refractivity contribution in [2.24, 2.45) is 0 Å². The monoisotopic (exact) mass is 396 g/mol. The van der Waals surface area contributed by atoms with Crippen LogP contribution in [-0.4, -0.2) is 48.7 Å². The van der Waals surface area contributed by atoms with E-state index in [9.17, 15) is 4.79 Å². The third-order valence-corrected chi connectivity index (χ3v) is 5.32. The van der Waals surface area contributed by atoms with Crippen LogP contribution in [0.4, 0.5) is 10.8 Å². The van der Waals surface area contributed by atoms with Gasteiger partial charge >= 0.3 is 0 Å². The van der Waals surface area contributed by atoms with Gasteiger partial charge in [-0.3, -0.25) is 4.79 Å². The third kappa shape index (κ3) is 6.81. The predicted octanol–water partition coefficient (Wildman–Crippen LogP) is 3.42. The maximum Gasteiger partial charge on any atom is 0.234 e. The molecule has 0 saturated carbocycles. The van der Waals surface area contributed by atoms with Crippen LogP contribution >= 0.6 is 23.1 Å². The van der Waals surface area contributed by atoms with Crippen LogP contribution in [0.2, 0.25) is 0 Å². The molecule has 0 unspecified atom stereocenters. The Hall–Kier alpha value is -1.84. The van der Waals surface area contributed by atoms with Crippen molar-refractivity contribution in [2.75, 3.05) is 43.3 Å². The smallest absolute Gasteiger partial charge is 0.234 e. The summed E-state index contributed by atoms with van der Waals surface area (Å²) < 4.78 is 11.3.